The molecule has 12 nitrogen and oxygen atoms in total. The fraction of sp³-hybridized carbons (Fsp3) is 0.463. The Kier molecular flexibility index (Phi) is 11.0. The van der Waals surface area contributed by atoms with Crippen LogP contribution in [0.1, 0.15) is 88.6 Å². The Balaban J connectivity index is 1.05. The zero-order valence-corrected chi connectivity index (χ0v) is 31.4. The lowest BCUT2D eigenvalue weighted by molar-refractivity contribution is 0.0342. The molecule has 280 valence electrons. The molecule has 2 amide bonds. The number of morpholine rings is 1. The molecule has 0 saturated carbocycles. The van der Waals surface area contributed by atoms with E-state index < -0.39 is 0 Å². The summed E-state index contributed by atoms with van der Waals surface area (Å²) < 4.78 is 14.2. The lowest BCUT2D eigenvalue weighted by atomic mass is 9.85. The quantitative estimate of drug-likeness (QED) is 0.134. The van der Waals surface area contributed by atoms with Gasteiger partial charge in [-0.3, -0.25) is 14.6 Å². The van der Waals surface area contributed by atoms with E-state index in [1.807, 2.05) is 67.8 Å². The van der Waals surface area contributed by atoms with Crippen molar-refractivity contribution in [1.29, 1.82) is 0 Å². The second-order valence-corrected chi connectivity index (χ2v) is 15.5. The third-order valence-corrected chi connectivity index (χ3v) is 10.5. The van der Waals surface area contributed by atoms with Crippen molar-refractivity contribution in [2.24, 2.45) is 16.1 Å². The number of amides is 2. The van der Waals surface area contributed by atoms with Crippen molar-refractivity contribution in [1.82, 2.24) is 30.1 Å². The molecule has 2 saturated heterocycles. The number of pyridine rings is 1. The second-order valence-electron chi connectivity index (χ2n) is 15.5. The fourth-order valence-electron chi connectivity index (χ4n) is 7.31. The molecule has 12 heteroatoms. The lowest BCUT2D eigenvalue weighted by Crippen LogP contribution is -2.42. The molecule has 0 radical (unpaired) electrons. The first-order valence-electron chi connectivity index (χ1n) is 19.0. The van der Waals surface area contributed by atoms with E-state index in [1.165, 1.54) is 12.0 Å². The molecular weight excluding hydrogens is 667 g/mol. The number of nitrogens with one attached hydrogen (secondary N) is 2. The number of hydrogen-bond acceptors (Lipinski definition) is 9. The number of anilines is 1. The van der Waals surface area contributed by atoms with Crippen LogP contribution >= 0.6 is 0 Å². The summed E-state index contributed by atoms with van der Waals surface area (Å²) in [5, 5.41) is 15.2. The standard InChI is InChI=1S/C41H53N9O3/c1-28-9-7-8-20-49(28)40-47-46-38-19-16-31(27-50(38)40)53-35-18-17-34(32-10-5-6-11-33(32)35)44-39(51)45-37(25-36(42)41(2,3)4)43-30-14-12-29(13-15-30)26-48-21-23-52-24-22-48/h5-6,10-16,19,25,27-28,34-35H,7-9,17-18,20-24,26,42H2,1-4H3,(H2,43,44,45,51)/t28-,34-,35?/m0/s1. The number of carbonyl (C=O) groups is 1. The normalized spacial score (nSPS) is 21.7. The first-order chi connectivity index (χ1) is 25.6. The number of piperidine rings is 1. The molecule has 3 atom stereocenters. The SMILES string of the molecule is C[C@H]1CCCCN1c1nnc2ccc(OC3CC[C@H](NC(=O)NC(C=C(N)C(C)(C)C)=Nc4ccc(CN5CCOCC5)cc4)c4ccccc43)cn12. The summed E-state index contributed by atoms with van der Waals surface area (Å²) in [4.78, 5) is 23.2. The van der Waals surface area contributed by atoms with E-state index in [1.54, 1.807) is 6.08 Å². The third-order valence-electron chi connectivity index (χ3n) is 10.5. The number of carbonyl (C=O) groups excluding carboxylic acids is 1. The van der Waals surface area contributed by atoms with Crippen LogP contribution in [0.5, 0.6) is 5.75 Å². The van der Waals surface area contributed by atoms with Crippen molar-refractivity contribution >= 4 is 29.1 Å². The summed E-state index contributed by atoms with van der Waals surface area (Å²) in [6, 6.07) is 20.1. The minimum absolute atomic E-state index is 0.170. The number of amidine groups is 1. The molecule has 4 aromatic rings. The maximum Gasteiger partial charge on any atom is 0.320 e. The molecule has 3 aliphatic rings. The number of nitrogens with two attached hydrogens (primary N) is 1. The molecule has 53 heavy (non-hydrogen) atoms. The van der Waals surface area contributed by atoms with E-state index in [2.05, 4.69) is 61.8 Å². The van der Waals surface area contributed by atoms with E-state index >= 15 is 0 Å². The Bertz CT molecular complexity index is 1940. The van der Waals surface area contributed by atoms with Gasteiger partial charge in [-0.15, -0.1) is 10.2 Å². The van der Waals surface area contributed by atoms with Crippen LogP contribution in [-0.4, -0.2) is 70.3 Å². The first-order valence-corrected chi connectivity index (χ1v) is 19.0. The Morgan fingerprint density at radius 1 is 0.981 bits per heavy atom. The summed E-state index contributed by atoms with van der Waals surface area (Å²) >= 11 is 0. The number of rotatable bonds is 8. The van der Waals surface area contributed by atoms with Crippen LogP contribution in [0, 0.1) is 5.41 Å². The molecule has 2 fully saturated rings. The number of allylic oxidation sites excluding steroid dienone is 1. The molecule has 0 bridgehead atoms. The number of aliphatic imine (C=N–C) groups is 1. The van der Waals surface area contributed by atoms with Crippen LogP contribution in [0.25, 0.3) is 5.65 Å². The van der Waals surface area contributed by atoms with E-state index in [4.69, 9.17) is 20.2 Å². The van der Waals surface area contributed by atoms with Gasteiger partial charge in [-0.1, -0.05) is 57.2 Å². The second kappa shape index (κ2) is 16.0. The molecule has 1 unspecified atom stereocenters. The predicted molar refractivity (Wildman–Crippen MR) is 208 cm³/mol. The van der Waals surface area contributed by atoms with Gasteiger partial charge in [0.15, 0.2) is 5.65 Å². The summed E-state index contributed by atoms with van der Waals surface area (Å²) in [7, 11) is 0. The molecule has 2 aromatic heterocycles. The van der Waals surface area contributed by atoms with E-state index in [0.717, 1.165) is 92.8 Å². The van der Waals surface area contributed by atoms with Gasteiger partial charge in [0.2, 0.25) is 5.95 Å². The molecule has 2 aliphatic heterocycles. The molecule has 0 spiro atoms. The van der Waals surface area contributed by atoms with Crippen LogP contribution in [0.2, 0.25) is 0 Å². The number of ether oxygens (including phenoxy) is 2. The average molecular weight is 720 g/mol. The molecule has 7 rings (SSSR count). The Labute approximate surface area is 312 Å². The maximum atomic E-state index is 13.6. The van der Waals surface area contributed by atoms with Gasteiger partial charge in [0, 0.05) is 49.4 Å². The van der Waals surface area contributed by atoms with Gasteiger partial charge in [-0.25, -0.2) is 9.79 Å². The van der Waals surface area contributed by atoms with Crippen LogP contribution in [0.4, 0.5) is 16.4 Å². The zero-order valence-electron chi connectivity index (χ0n) is 31.4. The van der Waals surface area contributed by atoms with Crippen LogP contribution < -0.4 is 26.0 Å². The summed E-state index contributed by atoms with van der Waals surface area (Å²) in [6.45, 7) is 13.6. The van der Waals surface area contributed by atoms with E-state index in [-0.39, 0.29) is 23.6 Å². The number of fused-ring (bicyclic) bond motifs is 2. The molecule has 2 aromatic carbocycles. The average Bonchev–Trinajstić information content (AvgIpc) is 3.56. The number of aromatic nitrogens is 3. The molecule has 4 heterocycles. The van der Waals surface area contributed by atoms with Crippen molar-refractivity contribution in [3.63, 3.8) is 0 Å². The molecule has 1 aliphatic carbocycles. The summed E-state index contributed by atoms with van der Waals surface area (Å²) in [5.41, 5.74) is 11.6. The fourth-order valence-corrected chi connectivity index (χ4v) is 7.31. The van der Waals surface area contributed by atoms with Crippen molar-refractivity contribution < 1.29 is 14.3 Å². The van der Waals surface area contributed by atoms with Gasteiger partial charge in [0.05, 0.1) is 31.1 Å². The monoisotopic (exact) mass is 719 g/mol. The summed E-state index contributed by atoms with van der Waals surface area (Å²) in [6.07, 6.45) is 8.56. The topological polar surface area (TPSA) is 135 Å². The molecular formula is C41H53N9O3. The van der Waals surface area contributed by atoms with E-state index in [0.29, 0.717) is 24.0 Å². The highest BCUT2D eigenvalue weighted by molar-refractivity contribution is 6.05. The molecule has 4 N–H and O–H groups in total. The Morgan fingerprint density at radius 3 is 2.51 bits per heavy atom. The minimum Gasteiger partial charge on any atom is -0.484 e. The predicted octanol–water partition coefficient (Wildman–Crippen LogP) is 6.81. The van der Waals surface area contributed by atoms with Gasteiger partial charge in [-0.05, 0) is 80.0 Å². The lowest BCUT2D eigenvalue weighted by Gasteiger charge is -2.33. The zero-order chi connectivity index (χ0) is 37.0. The van der Waals surface area contributed by atoms with Gasteiger partial charge < -0.3 is 25.4 Å². The smallest absolute Gasteiger partial charge is 0.320 e. The number of hydrogen-bond donors (Lipinski definition) is 3. The highest BCUT2D eigenvalue weighted by Gasteiger charge is 2.30. The highest BCUT2D eigenvalue weighted by Crippen LogP contribution is 2.39. The maximum absolute atomic E-state index is 13.6. The van der Waals surface area contributed by atoms with Gasteiger partial charge in [-0.2, -0.15) is 0 Å². The largest absolute Gasteiger partial charge is 0.484 e. The highest BCUT2D eigenvalue weighted by atomic mass is 16.5. The van der Waals surface area contributed by atoms with Crippen molar-refractivity contribution in [3.8, 4) is 5.75 Å². The Hall–Kier alpha value is -4.94. The first kappa shape index (κ1) is 36.4. The van der Waals surface area contributed by atoms with Crippen molar-refractivity contribution in [2.45, 2.75) is 84.5 Å². The van der Waals surface area contributed by atoms with Crippen molar-refractivity contribution in [2.75, 3.05) is 37.7 Å². The number of urea groups is 1. The Morgan fingerprint density at radius 2 is 1.75 bits per heavy atom. The number of nitrogens with zero attached hydrogens (tertiary/aromatic N) is 6. The van der Waals surface area contributed by atoms with Gasteiger partial charge in [0.25, 0.3) is 0 Å². The van der Waals surface area contributed by atoms with Crippen LogP contribution in [-0.2, 0) is 11.3 Å². The van der Waals surface area contributed by atoms with Crippen LogP contribution in [0.15, 0.2) is 83.6 Å². The number of benzene rings is 2. The third kappa shape index (κ3) is 8.82. The minimum atomic E-state index is -0.345. The van der Waals surface area contributed by atoms with Gasteiger partial charge >= 0.3 is 6.03 Å². The van der Waals surface area contributed by atoms with Gasteiger partial charge in [0.1, 0.15) is 17.7 Å². The van der Waals surface area contributed by atoms with Crippen LogP contribution in [0.3, 0.4) is 0 Å². The summed E-state index contributed by atoms with van der Waals surface area (Å²) in [5.74, 6) is 1.99. The van der Waals surface area contributed by atoms with E-state index in [9.17, 15) is 4.79 Å². The van der Waals surface area contributed by atoms with Crippen molar-refractivity contribution in [3.05, 3.63) is 95.3 Å².